The summed E-state index contributed by atoms with van der Waals surface area (Å²) in [5.74, 6) is 1.88. The van der Waals surface area contributed by atoms with E-state index in [0.717, 1.165) is 56.0 Å². The molecule has 7 nitrogen and oxygen atoms in total. The van der Waals surface area contributed by atoms with Crippen LogP contribution in [0.2, 0.25) is 0 Å². The van der Waals surface area contributed by atoms with Gasteiger partial charge in [0.15, 0.2) is 5.82 Å². The first kappa shape index (κ1) is 21.8. The maximum atomic E-state index is 11.8. The fourth-order valence-electron chi connectivity index (χ4n) is 4.60. The van der Waals surface area contributed by atoms with Crippen LogP contribution in [-0.2, 0) is 23.1 Å². The zero-order chi connectivity index (χ0) is 22.0. The first-order chi connectivity index (χ1) is 14.9. The number of imidazole rings is 1. The fraction of sp³-hybridized carbons (Fsp3) is 0.435. The maximum absolute atomic E-state index is 11.8. The van der Waals surface area contributed by atoms with Gasteiger partial charge in [-0.15, -0.1) is 0 Å². The Bertz CT molecular complexity index is 1160. The predicted octanol–water partition coefficient (Wildman–Crippen LogP) is 2.41. The number of nitrogens with two attached hydrogens (primary N) is 1. The first-order valence-electron chi connectivity index (χ1n) is 10.9. The molecule has 1 fully saturated rings. The first-order valence-corrected chi connectivity index (χ1v) is 12.5. The summed E-state index contributed by atoms with van der Waals surface area (Å²) >= 11 is 0. The normalized spacial score (nSPS) is 19.2. The lowest BCUT2D eigenvalue weighted by molar-refractivity contribution is -0.932. The molecule has 166 valence electrons. The summed E-state index contributed by atoms with van der Waals surface area (Å²) in [7, 11) is -2.07. The van der Waals surface area contributed by atoms with Gasteiger partial charge in [0.1, 0.15) is 18.3 Å². The van der Waals surface area contributed by atoms with Gasteiger partial charge in [-0.1, -0.05) is 13.3 Å². The highest BCUT2D eigenvalue weighted by atomic mass is 32.2. The number of hydrogen-bond donors (Lipinski definition) is 2. The van der Waals surface area contributed by atoms with Crippen molar-refractivity contribution < 1.29 is 18.1 Å². The van der Waals surface area contributed by atoms with Crippen LogP contribution in [0.15, 0.2) is 47.4 Å². The van der Waals surface area contributed by atoms with Crippen LogP contribution in [0.25, 0.3) is 11.0 Å². The Labute approximate surface area is 183 Å². The third kappa shape index (κ3) is 4.61. The number of unbranched alkanes of at least 4 members (excludes halogenated alkanes) is 1. The number of primary sulfonamides is 1. The zero-order valence-corrected chi connectivity index (χ0v) is 19.0. The molecule has 0 amide bonds. The highest BCUT2D eigenvalue weighted by molar-refractivity contribution is 7.89. The van der Waals surface area contributed by atoms with E-state index < -0.39 is 10.0 Å². The minimum absolute atomic E-state index is 0.108. The van der Waals surface area contributed by atoms with E-state index in [1.54, 1.807) is 19.2 Å². The Kier molecular flexibility index (Phi) is 6.31. The molecule has 1 aromatic heterocycles. The van der Waals surface area contributed by atoms with Gasteiger partial charge in [-0.3, -0.25) is 0 Å². The van der Waals surface area contributed by atoms with E-state index in [2.05, 4.69) is 23.6 Å². The maximum Gasteiger partial charge on any atom is 0.238 e. The summed E-state index contributed by atoms with van der Waals surface area (Å²) in [5, 5.41) is 5.33. The molecule has 1 saturated heterocycles. The second-order valence-corrected chi connectivity index (χ2v) is 9.84. The van der Waals surface area contributed by atoms with Crippen molar-refractivity contribution in [3.63, 3.8) is 0 Å². The molecule has 3 aromatic rings. The van der Waals surface area contributed by atoms with Crippen molar-refractivity contribution in [3.8, 4) is 5.75 Å². The topological polar surface area (TPSA) is 91.7 Å². The minimum Gasteiger partial charge on any atom is -0.497 e. The van der Waals surface area contributed by atoms with Gasteiger partial charge in [-0.05, 0) is 48.9 Å². The Morgan fingerprint density at radius 1 is 1.23 bits per heavy atom. The van der Waals surface area contributed by atoms with E-state index in [4.69, 9.17) is 14.9 Å². The van der Waals surface area contributed by atoms with Crippen LogP contribution in [0.4, 0.5) is 0 Å². The second-order valence-electron chi connectivity index (χ2n) is 8.28. The van der Waals surface area contributed by atoms with E-state index in [1.807, 2.05) is 18.2 Å². The van der Waals surface area contributed by atoms with Gasteiger partial charge in [-0.25, -0.2) is 18.5 Å². The molecule has 0 radical (unpaired) electrons. The summed E-state index contributed by atoms with van der Waals surface area (Å²) in [4.78, 5) is 6.46. The minimum atomic E-state index is -3.75. The number of aromatic nitrogens is 2. The van der Waals surface area contributed by atoms with Crippen LogP contribution in [0, 0.1) is 0 Å². The van der Waals surface area contributed by atoms with Crippen molar-refractivity contribution in [1.29, 1.82) is 0 Å². The van der Waals surface area contributed by atoms with Gasteiger partial charge in [0.05, 0.1) is 29.6 Å². The molecule has 0 spiro atoms. The molecular formula is C23H31N4O3S+. The average Bonchev–Trinajstić information content (AvgIpc) is 3.35. The molecule has 1 aliphatic heterocycles. The van der Waals surface area contributed by atoms with E-state index >= 15 is 0 Å². The van der Waals surface area contributed by atoms with Crippen molar-refractivity contribution in [1.82, 2.24) is 9.55 Å². The Balaban J connectivity index is 1.66. The molecule has 8 heteroatoms. The Hall–Kier alpha value is -2.42. The predicted molar refractivity (Wildman–Crippen MR) is 121 cm³/mol. The monoisotopic (exact) mass is 443 g/mol. The number of sulfonamides is 1. The lowest BCUT2D eigenvalue weighted by atomic mass is 10.0. The van der Waals surface area contributed by atoms with Crippen molar-refractivity contribution in [3.05, 3.63) is 53.9 Å². The number of aryl methyl sites for hydroxylation is 1. The number of quaternary nitrogens is 1. The van der Waals surface area contributed by atoms with Crippen LogP contribution >= 0.6 is 0 Å². The van der Waals surface area contributed by atoms with Crippen LogP contribution in [0.5, 0.6) is 5.75 Å². The summed E-state index contributed by atoms with van der Waals surface area (Å²) in [6, 6.07) is 13.8. The molecule has 31 heavy (non-hydrogen) atoms. The molecule has 0 aliphatic carbocycles. The largest absolute Gasteiger partial charge is 0.497 e. The standard InChI is InChI=1S/C23H30N4O3S/c1-3-4-14-27-22-12-11-19(31(24,28)29)15-20(22)25-23(27)16-26-13-5-6-21(26)17-7-9-18(30-2)10-8-17/h7-12,15,21H,3-6,13-14,16H2,1-2H3,(H2,24,28,29)/p+1. The van der Waals surface area contributed by atoms with Crippen LogP contribution in [0.3, 0.4) is 0 Å². The van der Waals surface area contributed by atoms with E-state index in [1.165, 1.54) is 16.9 Å². The lowest BCUT2D eigenvalue weighted by Gasteiger charge is -2.22. The van der Waals surface area contributed by atoms with Gasteiger partial charge in [0, 0.05) is 24.9 Å². The summed E-state index contributed by atoms with van der Waals surface area (Å²) in [5.41, 5.74) is 2.98. The second kappa shape index (κ2) is 8.98. The van der Waals surface area contributed by atoms with Crippen molar-refractivity contribution >= 4 is 21.1 Å². The van der Waals surface area contributed by atoms with E-state index in [-0.39, 0.29) is 4.90 Å². The zero-order valence-electron chi connectivity index (χ0n) is 18.2. The Morgan fingerprint density at radius 3 is 2.68 bits per heavy atom. The number of nitrogens with zero attached hydrogens (tertiary/aromatic N) is 2. The number of nitrogens with one attached hydrogen (secondary N) is 1. The summed E-state index contributed by atoms with van der Waals surface area (Å²) in [6.07, 6.45) is 4.45. The number of methoxy groups -OCH3 is 1. The fourth-order valence-corrected chi connectivity index (χ4v) is 5.14. The number of likely N-dealkylation sites (tertiary alicyclic amines) is 1. The molecule has 1 aliphatic rings. The number of fused-ring (bicyclic) bond motifs is 1. The molecule has 0 saturated carbocycles. The van der Waals surface area contributed by atoms with Gasteiger partial charge in [0.2, 0.25) is 10.0 Å². The van der Waals surface area contributed by atoms with Crippen LogP contribution in [0.1, 0.15) is 50.0 Å². The third-order valence-corrected chi connectivity index (χ3v) is 7.16. The van der Waals surface area contributed by atoms with Crippen LogP contribution < -0.4 is 14.8 Å². The number of benzene rings is 2. The quantitative estimate of drug-likeness (QED) is 0.559. The molecule has 2 unspecified atom stereocenters. The van der Waals surface area contributed by atoms with E-state index in [0.29, 0.717) is 11.6 Å². The van der Waals surface area contributed by atoms with Crippen LogP contribution in [-0.4, -0.2) is 31.6 Å². The third-order valence-electron chi connectivity index (χ3n) is 6.25. The van der Waals surface area contributed by atoms with E-state index in [9.17, 15) is 8.42 Å². The molecule has 2 atom stereocenters. The molecule has 4 rings (SSSR count). The molecule has 3 N–H and O–H groups in total. The SMILES string of the molecule is CCCCn1c(C[NH+]2CCCC2c2ccc(OC)cc2)nc2cc(S(N)(=O)=O)ccc21. The number of rotatable bonds is 8. The summed E-state index contributed by atoms with van der Waals surface area (Å²) < 4.78 is 31.1. The molecule has 2 aromatic carbocycles. The molecular weight excluding hydrogens is 412 g/mol. The molecule has 2 heterocycles. The number of ether oxygens (including phenoxy) is 1. The van der Waals surface area contributed by atoms with Gasteiger partial charge < -0.3 is 14.2 Å². The van der Waals surface area contributed by atoms with Gasteiger partial charge >= 0.3 is 0 Å². The highest BCUT2D eigenvalue weighted by Crippen LogP contribution is 2.24. The highest BCUT2D eigenvalue weighted by Gasteiger charge is 2.31. The number of hydrogen-bond acceptors (Lipinski definition) is 4. The average molecular weight is 444 g/mol. The lowest BCUT2D eigenvalue weighted by Crippen LogP contribution is -3.09. The Morgan fingerprint density at radius 2 is 2.00 bits per heavy atom. The van der Waals surface area contributed by atoms with Crippen molar-refractivity contribution in [2.75, 3.05) is 13.7 Å². The van der Waals surface area contributed by atoms with Crippen molar-refractivity contribution in [2.45, 2.75) is 56.6 Å². The molecule has 0 bridgehead atoms. The van der Waals surface area contributed by atoms with Gasteiger partial charge in [-0.2, -0.15) is 0 Å². The van der Waals surface area contributed by atoms with Gasteiger partial charge in [0.25, 0.3) is 0 Å². The smallest absolute Gasteiger partial charge is 0.238 e. The summed E-state index contributed by atoms with van der Waals surface area (Å²) in [6.45, 7) is 4.94. The van der Waals surface area contributed by atoms with Crippen molar-refractivity contribution in [2.24, 2.45) is 5.14 Å².